The number of nitrogens with one attached hydrogen (secondary N) is 1. The van der Waals surface area contributed by atoms with E-state index in [4.69, 9.17) is 14.6 Å². The summed E-state index contributed by atoms with van der Waals surface area (Å²) in [6.45, 7) is 9.73. The summed E-state index contributed by atoms with van der Waals surface area (Å²) in [5.74, 6) is -0.755. The van der Waals surface area contributed by atoms with Crippen LogP contribution in [-0.2, 0) is 9.31 Å². The predicted octanol–water partition coefficient (Wildman–Crippen LogP) is 2.64. The van der Waals surface area contributed by atoms with Crippen LogP contribution in [0, 0.1) is 18.3 Å². The molecule has 0 bridgehead atoms. The molecule has 0 unspecified atom stereocenters. The minimum absolute atomic E-state index is 0.119. The SMILES string of the molecule is Cc1ccc(C(=O)N[C@H](CC#N)B2OC(C)(C)C(C)(C)O2)cc1. The molecule has 0 saturated carbocycles. The van der Waals surface area contributed by atoms with Crippen molar-refractivity contribution in [3.05, 3.63) is 35.4 Å². The van der Waals surface area contributed by atoms with Gasteiger partial charge in [0.1, 0.15) is 0 Å². The van der Waals surface area contributed by atoms with Crippen LogP contribution in [0.25, 0.3) is 0 Å². The quantitative estimate of drug-likeness (QED) is 0.867. The Balaban J connectivity index is 2.12. The van der Waals surface area contributed by atoms with Gasteiger partial charge in [-0.25, -0.2) is 0 Å². The molecule has 1 aliphatic rings. The van der Waals surface area contributed by atoms with Gasteiger partial charge in [-0.05, 0) is 46.8 Å². The van der Waals surface area contributed by atoms with Crippen molar-refractivity contribution in [1.82, 2.24) is 5.32 Å². The summed E-state index contributed by atoms with van der Waals surface area (Å²) in [6, 6.07) is 9.37. The lowest BCUT2D eigenvalue weighted by atomic mass is 9.76. The highest BCUT2D eigenvalue weighted by Gasteiger charge is 2.54. The van der Waals surface area contributed by atoms with Gasteiger partial charge in [-0.15, -0.1) is 0 Å². The van der Waals surface area contributed by atoms with E-state index in [-0.39, 0.29) is 12.3 Å². The van der Waals surface area contributed by atoms with Crippen LogP contribution in [0.4, 0.5) is 0 Å². The van der Waals surface area contributed by atoms with Crippen LogP contribution in [0.3, 0.4) is 0 Å². The number of carbonyl (C=O) groups excluding carboxylic acids is 1. The average Bonchev–Trinajstić information content (AvgIpc) is 2.67. The van der Waals surface area contributed by atoms with Crippen LogP contribution in [0.5, 0.6) is 0 Å². The van der Waals surface area contributed by atoms with Crippen LogP contribution in [0.1, 0.15) is 50.0 Å². The van der Waals surface area contributed by atoms with E-state index in [1.807, 2.05) is 46.8 Å². The van der Waals surface area contributed by atoms with E-state index in [1.54, 1.807) is 12.1 Å². The van der Waals surface area contributed by atoms with Gasteiger partial charge >= 0.3 is 7.12 Å². The minimum Gasteiger partial charge on any atom is -0.402 e. The highest BCUT2D eigenvalue weighted by molar-refractivity contribution is 6.48. The third-order valence-electron chi connectivity index (χ3n) is 4.54. The summed E-state index contributed by atoms with van der Waals surface area (Å²) in [6.07, 6.45) is 0.119. The first-order valence-electron chi connectivity index (χ1n) is 7.76. The average molecular weight is 314 g/mol. The van der Waals surface area contributed by atoms with Crippen molar-refractivity contribution in [2.24, 2.45) is 0 Å². The summed E-state index contributed by atoms with van der Waals surface area (Å²) in [5, 5.41) is 11.9. The second-order valence-electron chi connectivity index (χ2n) is 6.93. The molecule has 1 aliphatic heterocycles. The fraction of sp³-hybridized carbons (Fsp3) is 0.529. The van der Waals surface area contributed by atoms with E-state index in [9.17, 15) is 4.79 Å². The Morgan fingerprint density at radius 2 is 1.74 bits per heavy atom. The predicted molar refractivity (Wildman–Crippen MR) is 88.7 cm³/mol. The summed E-state index contributed by atoms with van der Waals surface area (Å²) < 4.78 is 11.9. The van der Waals surface area contributed by atoms with E-state index < -0.39 is 24.3 Å². The Bertz CT molecular complexity index is 604. The third-order valence-corrected chi connectivity index (χ3v) is 4.54. The Kier molecular flexibility index (Phi) is 4.83. The van der Waals surface area contributed by atoms with Crippen LogP contribution in [0.15, 0.2) is 24.3 Å². The fourth-order valence-electron chi connectivity index (χ4n) is 2.32. The van der Waals surface area contributed by atoms with E-state index in [0.29, 0.717) is 5.56 Å². The van der Waals surface area contributed by atoms with Gasteiger partial charge in [-0.1, -0.05) is 17.7 Å². The molecule has 1 amide bonds. The summed E-state index contributed by atoms with van der Waals surface area (Å²) in [4.78, 5) is 12.4. The van der Waals surface area contributed by atoms with Gasteiger partial charge in [0.15, 0.2) is 0 Å². The molecule has 0 radical (unpaired) electrons. The normalized spacial score (nSPS) is 19.9. The molecular formula is C17H23BN2O3. The summed E-state index contributed by atoms with van der Waals surface area (Å²) in [7, 11) is -0.644. The Labute approximate surface area is 138 Å². The first-order chi connectivity index (χ1) is 10.7. The van der Waals surface area contributed by atoms with Crippen LogP contribution in [0.2, 0.25) is 0 Å². The number of hydrogen-bond donors (Lipinski definition) is 1. The number of nitrogens with zero attached hydrogens (tertiary/aromatic N) is 1. The van der Waals surface area contributed by atoms with Crippen molar-refractivity contribution >= 4 is 13.0 Å². The molecule has 0 spiro atoms. The van der Waals surface area contributed by atoms with E-state index >= 15 is 0 Å². The van der Waals surface area contributed by atoms with Crippen molar-refractivity contribution in [3.63, 3.8) is 0 Å². The molecule has 2 rings (SSSR count). The maximum absolute atomic E-state index is 12.4. The topological polar surface area (TPSA) is 71.4 Å². The van der Waals surface area contributed by atoms with Crippen molar-refractivity contribution in [1.29, 1.82) is 5.26 Å². The maximum Gasteiger partial charge on any atom is 0.482 e. The molecular weight excluding hydrogens is 291 g/mol. The number of carbonyl (C=O) groups is 1. The molecule has 1 heterocycles. The van der Waals surface area contributed by atoms with Gasteiger partial charge in [-0.2, -0.15) is 5.26 Å². The van der Waals surface area contributed by atoms with Gasteiger partial charge in [0.25, 0.3) is 5.91 Å². The lowest BCUT2D eigenvalue weighted by Crippen LogP contribution is -2.47. The number of nitriles is 1. The van der Waals surface area contributed by atoms with Gasteiger partial charge in [0, 0.05) is 5.56 Å². The van der Waals surface area contributed by atoms with Crippen molar-refractivity contribution in [2.75, 3.05) is 0 Å². The number of benzene rings is 1. The second kappa shape index (κ2) is 6.35. The number of rotatable bonds is 4. The number of hydrogen-bond acceptors (Lipinski definition) is 4. The molecule has 1 saturated heterocycles. The monoisotopic (exact) mass is 314 g/mol. The van der Waals surface area contributed by atoms with Crippen molar-refractivity contribution in [3.8, 4) is 6.07 Å². The zero-order chi connectivity index (χ0) is 17.3. The van der Waals surface area contributed by atoms with Crippen molar-refractivity contribution < 1.29 is 14.1 Å². The summed E-state index contributed by atoms with van der Waals surface area (Å²) >= 11 is 0. The van der Waals surface area contributed by atoms with Crippen LogP contribution < -0.4 is 5.32 Å². The van der Waals surface area contributed by atoms with E-state index in [1.165, 1.54) is 0 Å². The Morgan fingerprint density at radius 3 is 2.22 bits per heavy atom. The second-order valence-corrected chi connectivity index (χ2v) is 6.93. The molecule has 23 heavy (non-hydrogen) atoms. The Morgan fingerprint density at radius 1 is 1.22 bits per heavy atom. The van der Waals surface area contributed by atoms with E-state index in [0.717, 1.165) is 5.56 Å². The van der Waals surface area contributed by atoms with Crippen LogP contribution in [-0.4, -0.2) is 30.2 Å². The molecule has 1 fully saturated rings. The van der Waals surface area contributed by atoms with Gasteiger partial charge in [-0.3, -0.25) is 4.79 Å². The highest BCUT2D eigenvalue weighted by Crippen LogP contribution is 2.37. The van der Waals surface area contributed by atoms with E-state index in [2.05, 4.69) is 11.4 Å². The van der Waals surface area contributed by atoms with Crippen molar-refractivity contribution in [2.45, 2.75) is 58.2 Å². The van der Waals surface area contributed by atoms with Gasteiger partial charge in [0.05, 0.1) is 29.6 Å². The highest BCUT2D eigenvalue weighted by atomic mass is 16.7. The van der Waals surface area contributed by atoms with Crippen LogP contribution >= 0.6 is 0 Å². The molecule has 0 aromatic heterocycles. The molecule has 1 aromatic rings. The lowest BCUT2D eigenvalue weighted by Gasteiger charge is -2.32. The molecule has 1 aromatic carbocycles. The molecule has 0 aliphatic carbocycles. The summed E-state index contributed by atoms with van der Waals surface area (Å²) in [5.41, 5.74) is 0.635. The number of aryl methyl sites for hydroxylation is 1. The van der Waals surface area contributed by atoms with Gasteiger partial charge in [0.2, 0.25) is 0 Å². The van der Waals surface area contributed by atoms with Gasteiger partial charge < -0.3 is 14.6 Å². The first kappa shape index (κ1) is 17.5. The molecule has 6 heteroatoms. The molecule has 1 atom stereocenters. The lowest BCUT2D eigenvalue weighted by molar-refractivity contribution is 0.00578. The first-order valence-corrected chi connectivity index (χ1v) is 7.76. The number of amides is 1. The Hall–Kier alpha value is -1.84. The largest absolute Gasteiger partial charge is 0.482 e. The molecule has 5 nitrogen and oxygen atoms in total. The molecule has 1 N–H and O–H groups in total. The maximum atomic E-state index is 12.4. The zero-order valence-electron chi connectivity index (χ0n) is 14.3. The zero-order valence-corrected chi connectivity index (χ0v) is 14.3. The minimum atomic E-state index is -0.644. The standard InChI is InChI=1S/C17H23BN2O3/c1-12-6-8-13(9-7-12)15(21)20-14(10-11-19)18-22-16(2,3)17(4,5)23-18/h6-9,14H,10H2,1-5H3,(H,20,21)/t14-/m1/s1. The smallest absolute Gasteiger partial charge is 0.402 e. The molecule has 122 valence electrons. The third kappa shape index (κ3) is 3.74. The fourth-order valence-corrected chi connectivity index (χ4v) is 2.32.